The Morgan fingerprint density at radius 1 is 0.762 bits per heavy atom. The molecule has 0 aromatic heterocycles. The zero-order chi connectivity index (χ0) is 29.6. The first-order valence-corrected chi connectivity index (χ1v) is 13.9. The maximum Gasteiger partial charge on any atom is 0.310 e. The number of hydrogen-bond donors (Lipinski definition) is 1. The van der Waals surface area contributed by atoms with Crippen molar-refractivity contribution in [3.05, 3.63) is 119 Å². The van der Waals surface area contributed by atoms with Gasteiger partial charge in [0, 0.05) is 23.0 Å². The molecule has 0 radical (unpaired) electrons. The molecule has 0 bridgehead atoms. The third-order valence-electron chi connectivity index (χ3n) is 8.76. The highest BCUT2D eigenvalue weighted by Gasteiger charge is 2.61. The summed E-state index contributed by atoms with van der Waals surface area (Å²) in [6, 6.07) is 27.0. The Balaban J connectivity index is 1.40. The van der Waals surface area contributed by atoms with Crippen molar-refractivity contribution in [2.75, 3.05) is 20.8 Å². The Bertz CT molecular complexity index is 1630. The number of para-hydroxylation sites is 2. The molecule has 2 aliphatic carbocycles. The van der Waals surface area contributed by atoms with Gasteiger partial charge in [0.1, 0.15) is 18.1 Å². The summed E-state index contributed by atoms with van der Waals surface area (Å²) in [7, 11) is 3.00. The second-order valence-corrected chi connectivity index (χ2v) is 10.9. The fourth-order valence-corrected chi connectivity index (χ4v) is 6.86. The summed E-state index contributed by atoms with van der Waals surface area (Å²) in [5, 5.41) is 10.4. The van der Waals surface area contributed by atoms with Gasteiger partial charge in [-0.25, -0.2) is 4.39 Å². The first-order valence-electron chi connectivity index (χ1n) is 13.9. The minimum Gasteiger partial charge on any atom is -0.496 e. The molecule has 0 heterocycles. The number of carboxylic acids is 1. The Labute approximate surface area is 243 Å². The van der Waals surface area contributed by atoms with Gasteiger partial charge < -0.3 is 19.3 Å². The molecule has 214 valence electrons. The summed E-state index contributed by atoms with van der Waals surface area (Å²) >= 11 is 0. The van der Waals surface area contributed by atoms with E-state index in [-0.39, 0.29) is 0 Å². The molecule has 0 amide bonds. The molecule has 3 atom stereocenters. The van der Waals surface area contributed by atoms with Gasteiger partial charge >= 0.3 is 11.9 Å². The van der Waals surface area contributed by atoms with Crippen LogP contribution in [0.4, 0.5) is 4.39 Å². The molecular formula is C35H31FO6. The van der Waals surface area contributed by atoms with Crippen LogP contribution in [0.1, 0.15) is 39.7 Å². The van der Waals surface area contributed by atoms with Gasteiger partial charge in [-0.05, 0) is 41.3 Å². The topological polar surface area (TPSA) is 82.1 Å². The number of rotatable bonds is 8. The van der Waals surface area contributed by atoms with Crippen LogP contribution in [-0.2, 0) is 20.0 Å². The molecule has 2 aliphatic rings. The number of ether oxygens (including phenoxy) is 3. The average molecular weight is 567 g/mol. The van der Waals surface area contributed by atoms with E-state index in [4.69, 9.17) is 14.2 Å². The van der Waals surface area contributed by atoms with Crippen LogP contribution in [0.15, 0.2) is 91.0 Å². The van der Waals surface area contributed by atoms with Crippen LogP contribution >= 0.6 is 0 Å². The molecule has 0 spiro atoms. The van der Waals surface area contributed by atoms with Crippen LogP contribution in [0, 0.1) is 18.8 Å². The Hall–Kier alpha value is -4.65. The van der Waals surface area contributed by atoms with E-state index >= 15 is 4.39 Å². The molecule has 0 aliphatic heterocycles. The number of fused-ring (bicyclic) bond motifs is 3. The number of esters is 1. The van der Waals surface area contributed by atoms with Crippen molar-refractivity contribution in [2.24, 2.45) is 11.8 Å². The zero-order valence-electron chi connectivity index (χ0n) is 23.5. The number of methoxy groups -OCH3 is 2. The van der Waals surface area contributed by atoms with Crippen molar-refractivity contribution in [2.45, 2.75) is 24.4 Å². The SMILES string of the molecule is COc1ccccc1[C@H]1[C@H](C(=O)O)[C@H](c2ccccc2OC)[C@H]1C(=O)OCC1(F)c2ccccc2-c2ccc(C)cc21. The molecule has 1 fully saturated rings. The molecule has 6 rings (SSSR count). The van der Waals surface area contributed by atoms with Gasteiger partial charge in [-0.15, -0.1) is 0 Å². The van der Waals surface area contributed by atoms with Gasteiger partial charge in [-0.3, -0.25) is 9.59 Å². The van der Waals surface area contributed by atoms with Crippen LogP contribution in [0.3, 0.4) is 0 Å². The van der Waals surface area contributed by atoms with Gasteiger partial charge in [0.25, 0.3) is 0 Å². The van der Waals surface area contributed by atoms with Crippen molar-refractivity contribution in [3.63, 3.8) is 0 Å². The lowest BCUT2D eigenvalue weighted by atomic mass is 9.52. The smallest absolute Gasteiger partial charge is 0.310 e. The fraction of sp³-hybridized carbons (Fsp3) is 0.257. The Morgan fingerprint density at radius 3 is 1.90 bits per heavy atom. The highest BCUT2D eigenvalue weighted by molar-refractivity contribution is 5.86. The van der Waals surface area contributed by atoms with Gasteiger partial charge in [-0.2, -0.15) is 0 Å². The quantitative estimate of drug-likeness (QED) is 0.241. The molecule has 1 N–H and O–H groups in total. The summed E-state index contributed by atoms with van der Waals surface area (Å²) < 4.78 is 34.1. The maximum atomic E-state index is 17.1. The maximum absolute atomic E-state index is 17.1. The van der Waals surface area contributed by atoms with E-state index in [2.05, 4.69) is 0 Å². The van der Waals surface area contributed by atoms with Gasteiger partial charge in [0.2, 0.25) is 0 Å². The molecule has 4 aromatic carbocycles. The van der Waals surface area contributed by atoms with Crippen molar-refractivity contribution in [3.8, 4) is 22.6 Å². The molecule has 1 saturated carbocycles. The molecule has 0 saturated heterocycles. The van der Waals surface area contributed by atoms with Crippen molar-refractivity contribution in [1.29, 1.82) is 0 Å². The number of aliphatic carboxylic acids is 1. The number of carbonyl (C=O) groups is 2. The van der Waals surface area contributed by atoms with Crippen LogP contribution < -0.4 is 9.47 Å². The van der Waals surface area contributed by atoms with E-state index < -0.39 is 47.9 Å². The third-order valence-corrected chi connectivity index (χ3v) is 8.76. The number of carbonyl (C=O) groups excluding carboxylic acids is 1. The number of halogens is 1. The summed E-state index contributed by atoms with van der Waals surface area (Å²) in [4.78, 5) is 26.8. The Kier molecular flexibility index (Phi) is 6.97. The van der Waals surface area contributed by atoms with Gasteiger partial charge in [0.05, 0.1) is 26.1 Å². The lowest BCUT2D eigenvalue weighted by molar-refractivity contribution is -0.166. The predicted molar refractivity (Wildman–Crippen MR) is 156 cm³/mol. The van der Waals surface area contributed by atoms with E-state index in [1.54, 1.807) is 66.7 Å². The van der Waals surface area contributed by atoms with Gasteiger partial charge in [-0.1, -0.05) is 84.4 Å². The monoisotopic (exact) mass is 566 g/mol. The zero-order valence-corrected chi connectivity index (χ0v) is 23.5. The highest BCUT2D eigenvalue weighted by Crippen LogP contribution is 2.61. The van der Waals surface area contributed by atoms with E-state index in [1.807, 2.05) is 31.2 Å². The average Bonchev–Trinajstić information content (AvgIpc) is 3.23. The van der Waals surface area contributed by atoms with Crippen LogP contribution in [0.2, 0.25) is 0 Å². The lowest BCUT2D eigenvalue weighted by Crippen LogP contribution is -2.52. The molecular weight excluding hydrogens is 535 g/mol. The number of aryl methyl sites for hydroxylation is 1. The van der Waals surface area contributed by atoms with Crippen LogP contribution in [0.25, 0.3) is 11.1 Å². The molecule has 6 nitrogen and oxygen atoms in total. The summed E-state index contributed by atoms with van der Waals surface area (Å²) in [5.74, 6) is -4.19. The van der Waals surface area contributed by atoms with Crippen molar-refractivity contribution >= 4 is 11.9 Å². The first-order chi connectivity index (χ1) is 20.3. The molecule has 4 aromatic rings. The van der Waals surface area contributed by atoms with Crippen molar-refractivity contribution < 1.29 is 33.3 Å². The van der Waals surface area contributed by atoms with E-state index in [1.165, 1.54) is 14.2 Å². The third kappa shape index (κ3) is 4.23. The minimum absolute atomic E-state index is 0.443. The largest absolute Gasteiger partial charge is 0.496 e. The Morgan fingerprint density at radius 2 is 1.31 bits per heavy atom. The predicted octanol–water partition coefficient (Wildman–Crippen LogP) is 6.65. The van der Waals surface area contributed by atoms with E-state index in [0.717, 1.165) is 16.7 Å². The number of alkyl halides is 1. The molecule has 1 unspecified atom stereocenters. The standard InChI is InChI=1S/C35H31FO6/c1-20-16-17-22-21-10-4-7-13-25(21)35(36,26(22)18-20)19-42-34(39)32-29(23-11-5-8-14-27(23)40-2)31(33(37)38)30(32)24-12-6-9-15-28(24)41-3/h4-18,29-32H,19H2,1-3H3,(H,37,38)/t29-,30-,31-,32-,35?/m0/s1. The van der Waals surface area contributed by atoms with Crippen molar-refractivity contribution in [1.82, 2.24) is 0 Å². The number of benzene rings is 4. The summed E-state index contributed by atoms with van der Waals surface area (Å²) in [6.45, 7) is 1.36. The van der Waals surface area contributed by atoms with Gasteiger partial charge in [0.15, 0.2) is 5.67 Å². The fourth-order valence-electron chi connectivity index (χ4n) is 6.86. The number of carboxylic acid groups (broad SMARTS) is 1. The molecule has 7 heteroatoms. The van der Waals surface area contributed by atoms with Crippen LogP contribution in [-0.4, -0.2) is 37.9 Å². The normalized spacial score (nSPS) is 23.7. The highest BCUT2D eigenvalue weighted by atomic mass is 19.1. The summed E-state index contributed by atoms with van der Waals surface area (Å²) in [6.07, 6.45) is 0. The van der Waals surface area contributed by atoms with E-state index in [0.29, 0.717) is 33.8 Å². The first kappa shape index (κ1) is 27.5. The van der Waals surface area contributed by atoms with E-state index in [9.17, 15) is 14.7 Å². The summed E-state index contributed by atoms with van der Waals surface area (Å²) in [5.41, 5.74) is 2.44. The van der Waals surface area contributed by atoms with Crippen LogP contribution in [0.5, 0.6) is 11.5 Å². The number of hydrogen-bond acceptors (Lipinski definition) is 5. The lowest BCUT2D eigenvalue weighted by Gasteiger charge is -2.49. The second kappa shape index (κ2) is 10.6. The second-order valence-electron chi connectivity index (χ2n) is 10.9. The molecule has 42 heavy (non-hydrogen) atoms. The minimum atomic E-state index is -2.05.